The monoisotopic (exact) mass is 1240 g/mol. The van der Waals surface area contributed by atoms with Gasteiger partial charge in [-0.05, 0) is 79.1 Å². The van der Waals surface area contributed by atoms with E-state index in [1.807, 2.05) is 18.2 Å². The Balaban J connectivity index is 1.29. The molecule has 1 saturated heterocycles. The Morgan fingerprint density at radius 3 is 1.93 bits per heavy atom. The second-order valence-corrected chi connectivity index (χ2v) is 21.9. The number of aromatic nitrogens is 1. The predicted molar refractivity (Wildman–Crippen MR) is 319 cm³/mol. The summed E-state index contributed by atoms with van der Waals surface area (Å²) in [5.74, 6) is -10.7. The van der Waals surface area contributed by atoms with Crippen LogP contribution in [0.25, 0.3) is 10.9 Å². The van der Waals surface area contributed by atoms with Crippen LogP contribution in [0, 0.1) is 17.1 Å². The Kier molecular flexibility index (Phi) is 26.1. The van der Waals surface area contributed by atoms with Crippen LogP contribution >= 0.6 is 0 Å². The van der Waals surface area contributed by atoms with E-state index in [9.17, 15) is 72.4 Å². The maximum absolute atomic E-state index is 14.1. The highest BCUT2D eigenvalue weighted by molar-refractivity contribution is 5.99. The molecule has 30 nitrogen and oxygen atoms in total. The van der Waals surface area contributed by atoms with E-state index in [2.05, 4.69) is 63.7 Å². The summed E-state index contributed by atoms with van der Waals surface area (Å²) in [6.45, 7) is 5.53. The van der Waals surface area contributed by atoms with Crippen LogP contribution < -0.4 is 70.2 Å². The number of phenolic OH excluding ortho intramolecular Hbond substituents is 1. The fraction of sp³-hybridized carbons (Fsp3) is 0.448. The maximum atomic E-state index is 14.1. The fourth-order valence-corrected chi connectivity index (χ4v) is 9.75. The first-order chi connectivity index (χ1) is 42.1. The molecule has 4 aromatic rings. The van der Waals surface area contributed by atoms with Gasteiger partial charge < -0.3 is 84.5 Å². The lowest BCUT2D eigenvalue weighted by molar-refractivity contribution is -0.142. The van der Waals surface area contributed by atoms with Crippen LogP contribution in [-0.4, -0.2) is 177 Å². The number of nitrogens with two attached hydrogens (primary N) is 2. The van der Waals surface area contributed by atoms with Crippen molar-refractivity contribution in [1.29, 1.82) is 5.41 Å². The van der Waals surface area contributed by atoms with Crippen molar-refractivity contribution in [3.8, 4) is 5.75 Å². The Bertz CT molecular complexity index is 3180. The van der Waals surface area contributed by atoms with E-state index in [1.54, 1.807) is 26.1 Å². The van der Waals surface area contributed by atoms with E-state index in [0.29, 0.717) is 11.1 Å². The number of aliphatic hydroxyl groups excluding tert-OH is 2. The highest BCUT2D eigenvalue weighted by atomic mass is 19.1. The molecule has 482 valence electrons. The number of para-hydroxylation sites is 1. The number of carbonyl (C=O) groups excluding carboxylic acids is 11. The number of aliphatic hydroxyl groups is 2. The Hall–Kier alpha value is -9.91. The summed E-state index contributed by atoms with van der Waals surface area (Å²) < 4.78 is 14.0. The van der Waals surface area contributed by atoms with Crippen LogP contribution in [0.3, 0.4) is 0 Å². The molecule has 0 bridgehead atoms. The minimum Gasteiger partial charge on any atom is -0.508 e. The lowest BCUT2D eigenvalue weighted by Crippen LogP contribution is -2.62. The number of rotatable bonds is 30. The molecular formula is C58H79FN16O14. The quantitative estimate of drug-likeness (QED) is 0.0107. The van der Waals surface area contributed by atoms with E-state index in [-0.39, 0.29) is 74.8 Å². The van der Waals surface area contributed by atoms with Gasteiger partial charge in [0.2, 0.25) is 53.2 Å². The number of aromatic hydroxyl groups is 1. The molecule has 2 heterocycles. The molecule has 1 fully saturated rings. The summed E-state index contributed by atoms with van der Waals surface area (Å²) in [5, 5.41) is 62.6. The molecule has 20 N–H and O–H groups in total. The molecule has 1 aliphatic heterocycles. The molecule has 3 aromatic carbocycles. The summed E-state index contributed by atoms with van der Waals surface area (Å²) >= 11 is 0. The molecule has 0 spiro atoms. The molecule has 89 heavy (non-hydrogen) atoms. The number of halogens is 1. The maximum Gasteiger partial charge on any atom is 0.334 e. The average Bonchev–Trinajstić information content (AvgIpc) is 3.84. The number of nitrogens with one attached hydrogen (secondary N) is 13. The van der Waals surface area contributed by atoms with Gasteiger partial charge in [0.1, 0.15) is 59.9 Å². The topological polar surface area (TPSA) is 476 Å². The number of nitrogens with zero attached hydrogens (tertiary/aromatic N) is 1. The largest absolute Gasteiger partial charge is 0.508 e. The summed E-state index contributed by atoms with van der Waals surface area (Å²) in [7, 11) is 1.53. The van der Waals surface area contributed by atoms with E-state index in [4.69, 9.17) is 16.9 Å². The molecule has 10 atom stereocenters. The number of likely N-dealkylation sites (tertiary alicyclic amines) is 1. The summed E-state index contributed by atoms with van der Waals surface area (Å²) in [5.41, 5.74) is 17.7. The zero-order chi connectivity index (χ0) is 65.6. The van der Waals surface area contributed by atoms with Crippen LogP contribution in [0.2, 0.25) is 0 Å². The van der Waals surface area contributed by atoms with Gasteiger partial charge in [-0.1, -0.05) is 56.3 Å². The fourth-order valence-electron chi connectivity index (χ4n) is 9.75. The third kappa shape index (κ3) is 21.8. The van der Waals surface area contributed by atoms with Crippen molar-refractivity contribution in [1.82, 2.24) is 68.6 Å². The SMILES string of the molecule is CNC(=N)NCCC[C@H](NC(=O)[C@H](CC(C)C)NC(=O)NNC(=O)[C@H](Cc1ccc(F)cc1)NC(=O)[C@@H](NC(=O)[C@H](CC(N)=O)NC(=O)[C@@H]1C[C@@H](O)CN1C(=O)[C@@H](Cc1ccc(O)cc1)NC(C)=O)[C@@H](C)O)C(=O)N[C@@H](Cc1c[nH]c2ccccc12)C(N)=O. The van der Waals surface area contributed by atoms with Crippen LogP contribution in [0.5, 0.6) is 5.75 Å². The number of H-pyrrole nitrogens is 1. The van der Waals surface area contributed by atoms with Crippen molar-refractivity contribution in [2.24, 2.45) is 17.4 Å². The Morgan fingerprint density at radius 1 is 0.708 bits per heavy atom. The first-order valence-corrected chi connectivity index (χ1v) is 28.6. The molecule has 1 aliphatic rings. The second-order valence-electron chi connectivity index (χ2n) is 21.9. The van der Waals surface area contributed by atoms with Crippen molar-refractivity contribution in [2.45, 2.75) is 140 Å². The number of phenols is 1. The highest BCUT2D eigenvalue weighted by Gasteiger charge is 2.43. The smallest absolute Gasteiger partial charge is 0.334 e. The molecule has 12 amide bonds. The predicted octanol–water partition coefficient (Wildman–Crippen LogP) is -3.06. The number of fused-ring (bicyclic) bond motifs is 1. The molecule has 0 unspecified atom stereocenters. The number of hydrogen-bond donors (Lipinski definition) is 18. The van der Waals surface area contributed by atoms with Crippen LogP contribution in [0.1, 0.15) is 76.5 Å². The normalized spacial score (nSPS) is 16.3. The molecule has 31 heteroatoms. The standard InChI is InChI=1S/C58H79FN16O14/c1-29(2)21-42(51(83)67-40(11-8-20-64-57(62)63-5)50(82)68-41(49(61)81)24-34-27-65-39-10-7-6-9-38(34)39)71-58(89)74-73-53(85)43(22-32-12-16-35(59)17-13-32)70-55(87)48(30(3)76)72-52(84)44(26-47(60)80)69-54(86)46-25-37(79)28-75(46)56(88)45(66-31(4)77)23-33-14-18-36(78)19-15-33/h6-7,9-10,12-19,27,29-30,37,40-46,48,65,76,78-79H,8,11,20-26,28H2,1-5H3,(H2,60,80)(H2,61,81)(H,66,77)(H,67,83)(H,68,82)(H,69,86)(H,70,87)(H,72,84)(H,73,85)(H3,62,63,64)(H2,71,74,89)/t30-,37-,40+,41+,42+,43+,44+,45-,46+,48+/m1/s1. The number of aromatic amines is 1. The van der Waals surface area contributed by atoms with E-state index < -0.39 is 144 Å². The number of guanidine groups is 1. The second kappa shape index (κ2) is 33.3. The molecule has 0 saturated carbocycles. The molecule has 5 rings (SSSR count). The number of β-amino-alcohol motifs (C(OH)–C–C–N with tert-alkyl or cyclic N) is 1. The third-order valence-corrected chi connectivity index (χ3v) is 14.2. The number of amides is 12. The van der Waals surface area contributed by atoms with E-state index in [1.165, 1.54) is 43.4 Å². The van der Waals surface area contributed by atoms with Gasteiger partial charge in [-0.25, -0.2) is 14.6 Å². The minimum absolute atomic E-state index is 0.00122. The molecule has 0 radical (unpaired) electrons. The Labute approximate surface area is 511 Å². The Morgan fingerprint density at radius 2 is 1.31 bits per heavy atom. The van der Waals surface area contributed by atoms with Gasteiger partial charge in [0.05, 0.1) is 18.6 Å². The van der Waals surface area contributed by atoms with E-state index in [0.717, 1.165) is 41.8 Å². The molecule has 1 aromatic heterocycles. The zero-order valence-electron chi connectivity index (χ0n) is 49.7. The lowest BCUT2D eigenvalue weighted by atomic mass is 10.0. The first-order valence-electron chi connectivity index (χ1n) is 28.6. The van der Waals surface area contributed by atoms with Crippen molar-refractivity contribution in [3.05, 3.63) is 102 Å². The van der Waals surface area contributed by atoms with E-state index >= 15 is 0 Å². The third-order valence-electron chi connectivity index (χ3n) is 14.2. The van der Waals surface area contributed by atoms with Crippen molar-refractivity contribution >= 4 is 82.0 Å². The number of primary amides is 2. The van der Waals surface area contributed by atoms with Crippen molar-refractivity contribution in [2.75, 3.05) is 20.1 Å². The summed E-state index contributed by atoms with van der Waals surface area (Å²) in [4.78, 5) is 153. The van der Waals surface area contributed by atoms with Crippen LogP contribution in [0.15, 0.2) is 79.0 Å². The van der Waals surface area contributed by atoms with Crippen LogP contribution in [-0.2, 0) is 67.2 Å². The van der Waals surface area contributed by atoms with Crippen molar-refractivity contribution < 1.29 is 72.4 Å². The van der Waals surface area contributed by atoms with Crippen molar-refractivity contribution in [3.63, 3.8) is 0 Å². The van der Waals surface area contributed by atoms with Gasteiger partial charge in [-0.3, -0.25) is 58.8 Å². The van der Waals surface area contributed by atoms with Gasteiger partial charge in [0, 0.05) is 69.8 Å². The van der Waals surface area contributed by atoms with Gasteiger partial charge in [0.15, 0.2) is 5.96 Å². The average molecular weight is 1240 g/mol. The highest BCUT2D eigenvalue weighted by Crippen LogP contribution is 2.23. The van der Waals surface area contributed by atoms with Gasteiger partial charge in [-0.2, -0.15) is 0 Å². The van der Waals surface area contributed by atoms with Crippen LogP contribution in [0.4, 0.5) is 9.18 Å². The number of urea groups is 1. The zero-order valence-corrected chi connectivity index (χ0v) is 49.7. The van der Waals surface area contributed by atoms with Gasteiger partial charge >= 0.3 is 6.03 Å². The summed E-state index contributed by atoms with van der Waals surface area (Å²) in [6, 6.07) is 4.38. The summed E-state index contributed by atoms with van der Waals surface area (Å²) in [6.07, 6.45) is -2.91. The van der Waals surface area contributed by atoms with Gasteiger partial charge in [-0.15, -0.1) is 0 Å². The molecule has 0 aliphatic carbocycles. The first kappa shape index (κ1) is 69.9. The van der Waals surface area contributed by atoms with Gasteiger partial charge in [0.25, 0.3) is 5.91 Å². The molecular weight excluding hydrogens is 1160 g/mol. The number of benzene rings is 3. The number of hydrogen-bond acceptors (Lipinski definition) is 15. The number of hydrazine groups is 1. The minimum atomic E-state index is -1.96. The lowest BCUT2D eigenvalue weighted by Gasteiger charge is -2.30. The number of carbonyl (C=O) groups is 11.